The number of carbonyl (C=O) groups is 1. The Morgan fingerprint density at radius 1 is 1.29 bits per heavy atom. The molecule has 1 aliphatic heterocycles. The number of rotatable bonds is 4. The van der Waals surface area contributed by atoms with Gasteiger partial charge in [0.05, 0.1) is 4.90 Å². The molecule has 1 amide bonds. The van der Waals surface area contributed by atoms with Crippen molar-refractivity contribution in [3.8, 4) is 0 Å². The van der Waals surface area contributed by atoms with Crippen LogP contribution in [0, 0.1) is 6.92 Å². The van der Waals surface area contributed by atoms with E-state index < -0.39 is 22.0 Å². The standard InChI is InChI=1S/C15H19N5O3S/c1-11-16-15(19-18-11)17-14(21)13-9-5-6-10-20(13)24(22,23)12-7-3-2-4-8-12/h2-4,7-8,13H,5-6,9-10H2,1H3,(H2,16,17,18,19,21)/t13-/m0/s1. The minimum Gasteiger partial charge on any atom is -0.292 e. The van der Waals surface area contributed by atoms with Gasteiger partial charge < -0.3 is 0 Å². The summed E-state index contributed by atoms with van der Waals surface area (Å²) in [4.78, 5) is 16.8. The molecule has 1 aromatic carbocycles. The average Bonchev–Trinajstić information content (AvgIpc) is 3.00. The molecule has 3 rings (SSSR count). The van der Waals surface area contributed by atoms with Gasteiger partial charge in [-0.25, -0.2) is 8.42 Å². The van der Waals surface area contributed by atoms with E-state index in [2.05, 4.69) is 20.5 Å². The summed E-state index contributed by atoms with van der Waals surface area (Å²) in [5.41, 5.74) is 0. The van der Waals surface area contributed by atoms with Crippen LogP contribution in [0.5, 0.6) is 0 Å². The molecule has 2 heterocycles. The van der Waals surface area contributed by atoms with Gasteiger partial charge in [-0.3, -0.25) is 15.2 Å². The molecule has 128 valence electrons. The lowest BCUT2D eigenvalue weighted by Gasteiger charge is -2.33. The minimum absolute atomic E-state index is 0.153. The van der Waals surface area contributed by atoms with Crippen molar-refractivity contribution in [1.29, 1.82) is 0 Å². The molecule has 2 aromatic rings. The lowest BCUT2D eigenvalue weighted by molar-refractivity contribution is -0.120. The molecule has 0 saturated carbocycles. The Balaban J connectivity index is 1.84. The van der Waals surface area contributed by atoms with Gasteiger partial charge in [0.25, 0.3) is 0 Å². The maximum absolute atomic E-state index is 12.9. The van der Waals surface area contributed by atoms with E-state index in [9.17, 15) is 13.2 Å². The van der Waals surface area contributed by atoms with Crippen LogP contribution in [0.3, 0.4) is 0 Å². The summed E-state index contributed by atoms with van der Waals surface area (Å²) in [6.45, 7) is 2.04. The summed E-state index contributed by atoms with van der Waals surface area (Å²) in [5.74, 6) is 0.316. The van der Waals surface area contributed by atoms with Gasteiger partial charge in [-0.15, -0.1) is 5.10 Å². The summed E-state index contributed by atoms with van der Waals surface area (Å²) in [6, 6.07) is 7.41. The summed E-state index contributed by atoms with van der Waals surface area (Å²) >= 11 is 0. The highest BCUT2D eigenvalue weighted by atomic mass is 32.2. The van der Waals surface area contributed by atoms with Crippen LogP contribution in [0.25, 0.3) is 0 Å². The predicted octanol–water partition coefficient (Wildman–Crippen LogP) is 1.30. The predicted molar refractivity (Wildman–Crippen MR) is 87.7 cm³/mol. The lowest BCUT2D eigenvalue weighted by atomic mass is 10.0. The van der Waals surface area contributed by atoms with E-state index in [0.717, 1.165) is 12.8 Å². The lowest BCUT2D eigenvalue weighted by Crippen LogP contribution is -2.49. The molecular formula is C15H19N5O3S. The number of nitrogens with one attached hydrogen (secondary N) is 2. The molecule has 1 aliphatic rings. The Morgan fingerprint density at radius 2 is 2.04 bits per heavy atom. The van der Waals surface area contributed by atoms with Gasteiger partial charge in [0.2, 0.25) is 21.9 Å². The molecule has 0 radical (unpaired) electrons. The number of anilines is 1. The van der Waals surface area contributed by atoms with Gasteiger partial charge in [-0.05, 0) is 31.9 Å². The van der Waals surface area contributed by atoms with Crippen LogP contribution >= 0.6 is 0 Å². The summed E-state index contributed by atoms with van der Waals surface area (Å²) in [5, 5.41) is 9.08. The average molecular weight is 349 g/mol. The molecular weight excluding hydrogens is 330 g/mol. The van der Waals surface area contributed by atoms with Crippen LogP contribution in [-0.4, -0.2) is 46.4 Å². The zero-order chi connectivity index (χ0) is 17.2. The quantitative estimate of drug-likeness (QED) is 0.865. The van der Waals surface area contributed by atoms with Gasteiger partial charge in [-0.1, -0.05) is 24.6 Å². The van der Waals surface area contributed by atoms with Crippen molar-refractivity contribution in [1.82, 2.24) is 19.5 Å². The van der Waals surface area contributed by atoms with Crippen LogP contribution in [0.15, 0.2) is 35.2 Å². The van der Waals surface area contributed by atoms with Crippen LogP contribution in [0.4, 0.5) is 5.95 Å². The Labute approximate surface area is 140 Å². The largest absolute Gasteiger partial charge is 0.292 e. The number of aromatic amines is 1. The summed E-state index contributed by atoms with van der Waals surface area (Å²) in [6.07, 6.45) is 2.00. The number of nitrogens with zero attached hydrogens (tertiary/aromatic N) is 3. The number of benzene rings is 1. The van der Waals surface area contributed by atoms with Crippen molar-refractivity contribution in [3.63, 3.8) is 0 Å². The molecule has 8 nitrogen and oxygen atoms in total. The van der Waals surface area contributed by atoms with E-state index in [1.165, 1.54) is 16.4 Å². The van der Waals surface area contributed by atoms with Crippen molar-refractivity contribution in [2.75, 3.05) is 11.9 Å². The zero-order valence-electron chi connectivity index (χ0n) is 13.3. The van der Waals surface area contributed by atoms with Crippen molar-refractivity contribution in [3.05, 3.63) is 36.2 Å². The fourth-order valence-electron chi connectivity index (χ4n) is 2.77. The first-order chi connectivity index (χ1) is 11.5. The molecule has 24 heavy (non-hydrogen) atoms. The summed E-state index contributed by atoms with van der Waals surface area (Å²) < 4.78 is 27.0. The van der Waals surface area contributed by atoms with Crippen molar-refractivity contribution >= 4 is 21.9 Å². The number of hydrogen-bond acceptors (Lipinski definition) is 5. The number of H-pyrrole nitrogens is 1. The highest BCUT2D eigenvalue weighted by Gasteiger charge is 2.37. The third kappa shape index (κ3) is 3.31. The van der Waals surface area contributed by atoms with Gasteiger partial charge in [0.15, 0.2) is 0 Å². The van der Waals surface area contributed by atoms with Gasteiger partial charge >= 0.3 is 0 Å². The van der Waals surface area contributed by atoms with Crippen molar-refractivity contribution in [2.45, 2.75) is 37.1 Å². The second-order valence-electron chi connectivity index (χ2n) is 5.67. The molecule has 1 fully saturated rings. The van der Waals surface area contributed by atoms with Gasteiger partial charge in [-0.2, -0.15) is 9.29 Å². The third-order valence-corrected chi connectivity index (χ3v) is 5.86. The van der Waals surface area contributed by atoms with E-state index in [4.69, 9.17) is 0 Å². The van der Waals surface area contributed by atoms with Crippen LogP contribution in [0.1, 0.15) is 25.1 Å². The zero-order valence-corrected chi connectivity index (χ0v) is 14.1. The van der Waals surface area contributed by atoms with E-state index in [1.54, 1.807) is 25.1 Å². The first-order valence-corrected chi connectivity index (χ1v) is 9.19. The number of piperidine rings is 1. The normalized spacial score (nSPS) is 19.1. The molecule has 0 spiro atoms. The molecule has 2 N–H and O–H groups in total. The SMILES string of the molecule is Cc1nc(NC(=O)[C@@H]2CCCCN2S(=O)(=O)c2ccccc2)n[nH]1. The van der Waals surface area contributed by atoms with Crippen LogP contribution in [-0.2, 0) is 14.8 Å². The molecule has 0 bridgehead atoms. The highest BCUT2D eigenvalue weighted by Crippen LogP contribution is 2.26. The third-order valence-electron chi connectivity index (χ3n) is 3.94. The topological polar surface area (TPSA) is 108 Å². The maximum atomic E-state index is 12.9. The maximum Gasteiger partial charge on any atom is 0.248 e. The van der Waals surface area contributed by atoms with E-state index in [1.807, 2.05) is 0 Å². The first kappa shape index (κ1) is 16.6. The fourth-order valence-corrected chi connectivity index (χ4v) is 4.45. The Bertz CT molecular complexity index is 819. The molecule has 9 heteroatoms. The fraction of sp³-hybridized carbons (Fsp3) is 0.400. The number of hydrogen-bond donors (Lipinski definition) is 2. The number of sulfonamides is 1. The Morgan fingerprint density at radius 3 is 2.71 bits per heavy atom. The Hall–Kier alpha value is -2.26. The first-order valence-electron chi connectivity index (χ1n) is 7.75. The van der Waals surface area contributed by atoms with Crippen molar-refractivity contribution in [2.24, 2.45) is 0 Å². The van der Waals surface area contributed by atoms with Crippen LogP contribution < -0.4 is 5.32 Å². The minimum atomic E-state index is -3.72. The Kier molecular flexibility index (Phi) is 4.63. The number of aromatic nitrogens is 3. The van der Waals surface area contributed by atoms with Crippen molar-refractivity contribution < 1.29 is 13.2 Å². The van der Waals surface area contributed by atoms with Gasteiger partial charge in [0.1, 0.15) is 11.9 Å². The molecule has 1 atom stereocenters. The van der Waals surface area contributed by atoms with Gasteiger partial charge in [0, 0.05) is 6.54 Å². The second kappa shape index (κ2) is 6.70. The van der Waals surface area contributed by atoms with E-state index >= 15 is 0 Å². The smallest absolute Gasteiger partial charge is 0.248 e. The van der Waals surface area contributed by atoms with E-state index in [0.29, 0.717) is 18.8 Å². The second-order valence-corrected chi connectivity index (χ2v) is 7.56. The molecule has 0 unspecified atom stereocenters. The number of amides is 1. The highest BCUT2D eigenvalue weighted by molar-refractivity contribution is 7.89. The molecule has 1 saturated heterocycles. The molecule has 1 aromatic heterocycles. The molecule has 0 aliphatic carbocycles. The van der Waals surface area contributed by atoms with Crippen LogP contribution in [0.2, 0.25) is 0 Å². The number of aryl methyl sites for hydroxylation is 1. The monoisotopic (exact) mass is 349 g/mol. The number of carbonyl (C=O) groups excluding carboxylic acids is 1. The summed E-state index contributed by atoms with van der Waals surface area (Å²) in [7, 11) is -3.72. The van der Waals surface area contributed by atoms with E-state index in [-0.39, 0.29) is 10.8 Å².